The van der Waals surface area contributed by atoms with Gasteiger partial charge in [-0.05, 0) is 37.7 Å². The van der Waals surface area contributed by atoms with Crippen LogP contribution in [0.15, 0.2) is 30.3 Å². The molecule has 1 aliphatic heterocycles. The first kappa shape index (κ1) is 19.9. The molecule has 1 aliphatic rings. The van der Waals surface area contributed by atoms with E-state index in [1.807, 2.05) is 18.2 Å². The van der Waals surface area contributed by atoms with Crippen LogP contribution < -0.4 is 0 Å². The van der Waals surface area contributed by atoms with E-state index in [4.69, 9.17) is 14.2 Å². The Balaban J connectivity index is 1.78. The molecule has 4 atom stereocenters. The molecule has 25 heavy (non-hydrogen) atoms. The minimum Gasteiger partial charge on any atom is -0.469 e. The number of hydrogen-bond donors (Lipinski definition) is 0. The summed E-state index contributed by atoms with van der Waals surface area (Å²) in [6, 6.07) is 10.1. The molecule has 1 aromatic rings. The van der Waals surface area contributed by atoms with Crippen LogP contribution in [0.2, 0.25) is 0 Å². The van der Waals surface area contributed by atoms with Crippen LogP contribution in [0.5, 0.6) is 0 Å². The molecule has 0 N–H and O–H groups in total. The molecule has 2 rings (SSSR count). The molecule has 1 heterocycles. The van der Waals surface area contributed by atoms with Crippen molar-refractivity contribution in [3.8, 4) is 0 Å². The van der Waals surface area contributed by atoms with Gasteiger partial charge in [-0.2, -0.15) is 0 Å². The van der Waals surface area contributed by atoms with E-state index in [0.29, 0.717) is 25.6 Å². The van der Waals surface area contributed by atoms with Gasteiger partial charge in [-0.3, -0.25) is 4.79 Å². The van der Waals surface area contributed by atoms with Crippen LogP contribution in [-0.2, 0) is 30.3 Å². The highest BCUT2D eigenvalue weighted by Gasteiger charge is 2.35. The molecule has 0 amide bonds. The van der Waals surface area contributed by atoms with Gasteiger partial charge >= 0.3 is 5.97 Å². The third kappa shape index (κ3) is 6.77. The van der Waals surface area contributed by atoms with Gasteiger partial charge in [-0.1, -0.05) is 37.3 Å². The number of methoxy groups -OCH3 is 1. The number of ether oxygens (including phenoxy) is 4. The molecule has 5 heteroatoms. The largest absolute Gasteiger partial charge is 0.469 e. The molecule has 1 saturated heterocycles. The number of carbonyl (C=O) groups is 1. The number of carbonyl (C=O) groups excluding carboxylic acids is 1. The van der Waals surface area contributed by atoms with Crippen LogP contribution in [0.25, 0.3) is 0 Å². The maximum absolute atomic E-state index is 11.1. The fourth-order valence-electron chi connectivity index (χ4n) is 2.85. The molecule has 0 radical (unpaired) electrons. The number of hydrogen-bond acceptors (Lipinski definition) is 5. The van der Waals surface area contributed by atoms with Gasteiger partial charge in [0.25, 0.3) is 0 Å². The highest BCUT2D eigenvalue weighted by molar-refractivity contribution is 5.68. The zero-order chi connectivity index (χ0) is 18.1. The summed E-state index contributed by atoms with van der Waals surface area (Å²) in [5.41, 5.74) is 1.14. The van der Waals surface area contributed by atoms with E-state index in [0.717, 1.165) is 24.8 Å². The second kappa shape index (κ2) is 10.5. The topological polar surface area (TPSA) is 54.0 Å². The van der Waals surface area contributed by atoms with Gasteiger partial charge in [0.05, 0.1) is 19.8 Å². The summed E-state index contributed by atoms with van der Waals surface area (Å²) in [5, 5.41) is 0. The van der Waals surface area contributed by atoms with Crippen molar-refractivity contribution < 1.29 is 23.7 Å². The van der Waals surface area contributed by atoms with Crippen molar-refractivity contribution in [2.45, 2.75) is 64.6 Å². The van der Waals surface area contributed by atoms with Crippen LogP contribution in [0, 0.1) is 5.92 Å². The maximum atomic E-state index is 11.1. The lowest BCUT2D eigenvalue weighted by Crippen LogP contribution is -2.45. The van der Waals surface area contributed by atoms with Crippen LogP contribution in [0.4, 0.5) is 0 Å². The number of benzene rings is 1. The maximum Gasteiger partial charge on any atom is 0.305 e. The molecule has 140 valence electrons. The van der Waals surface area contributed by atoms with Crippen LogP contribution in [0.3, 0.4) is 0 Å². The monoisotopic (exact) mass is 350 g/mol. The summed E-state index contributed by atoms with van der Waals surface area (Å²) in [6.45, 7) is 5.36. The molecular weight excluding hydrogens is 320 g/mol. The molecule has 0 aliphatic carbocycles. The predicted molar refractivity (Wildman–Crippen MR) is 95.0 cm³/mol. The van der Waals surface area contributed by atoms with Gasteiger partial charge in [-0.15, -0.1) is 0 Å². The highest BCUT2D eigenvalue weighted by Crippen LogP contribution is 2.28. The molecule has 0 aromatic heterocycles. The summed E-state index contributed by atoms with van der Waals surface area (Å²) >= 11 is 0. The predicted octanol–water partition coefficient (Wildman–Crippen LogP) is 3.70. The van der Waals surface area contributed by atoms with E-state index < -0.39 is 0 Å². The zero-order valence-electron chi connectivity index (χ0n) is 15.5. The zero-order valence-corrected chi connectivity index (χ0v) is 15.5. The summed E-state index contributed by atoms with van der Waals surface area (Å²) in [7, 11) is 1.41. The SMILES string of the molecule is COC(=O)CCCCO[C@@H]1OC(C)[C@H](C)CC1OCc1ccccc1. The second-order valence-corrected chi connectivity index (χ2v) is 6.66. The Kier molecular flexibility index (Phi) is 8.38. The molecule has 1 fully saturated rings. The Bertz CT molecular complexity index is 504. The Morgan fingerprint density at radius 1 is 1.16 bits per heavy atom. The van der Waals surface area contributed by atoms with Gasteiger partial charge in [0.1, 0.15) is 6.10 Å². The lowest BCUT2D eigenvalue weighted by Gasteiger charge is -2.38. The molecule has 5 nitrogen and oxygen atoms in total. The summed E-state index contributed by atoms with van der Waals surface area (Å²) in [4.78, 5) is 11.1. The number of rotatable bonds is 9. The molecule has 0 bridgehead atoms. The van der Waals surface area contributed by atoms with Crippen LogP contribution in [0.1, 0.15) is 45.1 Å². The van der Waals surface area contributed by atoms with Gasteiger partial charge in [0.15, 0.2) is 6.29 Å². The van der Waals surface area contributed by atoms with Gasteiger partial charge in [-0.25, -0.2) is 0 Å². The lowest BCUT2D eigenvalue weighted by atomic mass is 9.95. The summed E-state index contributed by atoms with van der Waals surface area (Å²) in [6.07, 6.45) is 2.61. The third-order valence-electron chi connectivity index (χ3n) is 4.65. The van der Waals surface area contributed by atoms with Crippen molar-refractivity contribution in [3.63, 3.8) is 0 Å². The minimum atomic E-state index is -0.354. The average Bonchev–Trinajstić information content (AvgIpc) is 2.63. The van der Waals surface area contributed by atoms with Crippen molar-refractivity contribution >= 4 is 5.97 Å². The van der Waals surface area contributed by atoms with E-state index >= 15 is 0 Å². The fraction of sp³-hybridized carbons (Fsp3) is 0.650. The second-order valence-electron chi connectivity index (χ2n) is 6.66. The smallest absolute Gasteiger partial charge is 0.305 e. The van der Waals surface area contributed by atoms with Gasteiger partial charge < -0.3 is 18.9 Å². The van der Waals surface area contributed by atoms with E-state index in [-0.39, 0.29) is 24.5 Å². The lowest BCUT2D eigenvalue weighted by molar-refractivity contribution is -0.262. The Morgan fingerprint density at radius 3 is 2.64 bits per heavy atom. The highest BCUT2D eigenvalue weighted by atomic mass is 16.7. The minimum absolute atomic E-state index is 0.0768. The van der Waals surface area contributed by atoms with Crippen molar-refractivity contribution in [2.24, 2.45) is 5.92 Å². The first-order valence-electron chi connectivity index (χ1n) is 9.09. The van der Waals surface area contributed by atoms with E-state index in [9.17, 15) is 4.79 Å². The number of esters is 1. The van der Waals surface area contributed by atoms with Crippen molar-refractivity contribution in [1.82, 2.24) is 0 Å². The fourth-order valence-corrected chi connectivity index (χ4v) is 2.85. The van der Waals surface area contributed by atoms with Crippen LogP contribution >= 0.6 is 0 Å². The summed E-state index contributed by atoms with van der Waals surface area (Å²) < 4.78 is 22.7. The Hall–Kier alpha value is -1.43. The van der Waals surface area contributed by atoms with Crippen molar-refractivity contribution in [1.29, 1.82) is 0 Å². The van der Waals surface area contributed by atoms with Gasteiger partial charge in [0, 0.05) is 13.0 Å². The van der Waals surface area contributed by atoms with Crippen LogP contribution in [-0.4, -0.2) is 38.2 Å². The average molecular weight is 350 g/mol. The Labute approximate surface area is 150 Å². The summed E-state index contributed by atoms with van der Waals surface area (Å²) in [5.74, 6) is 0.250. The Morgan fingerprint density at radius 2 is 1.92 bits per heavy atom. The van der Waals surface area contributed by atoms with E-state index in [1.165, 1.54) is 7.11 Å². The molecule has 0 spiro atoms. The third-order valence-corrected chi connectivity index (χ3v) is 4.65. The first-order valence-corrected chi connectivity index (χ1v) is 9.09. The normalized spacial score (nSPS) is 26.4. The van der Waals surface area contributed by atoms with E-state index in [1.54, 1.807) is 0 Å². The molecule has 1 aromatic carbocycles. The van der Waals surface area contributed by atoms with Gasteiger partial charge in [0.2, 0.25) is 0 Å². The molecule has 0 saturated carbocycles. The van der Waals surface area contributed by atoms with Crippen molar-refractivity contribution in [2.75, 3.05) is 13.7 Å². The molecule has 2 unspecified atom stereocenters. The van der Waals surface area contributed by atoms with E-state index in [2.05, 4.69) is 30.7 Å². The molecular formula is C20H30O5. The quantitative estimate of drug-likeness (QED) is 0.502. The standard InChI is InChI=1S/C20H30O5/c1-15-13-18(24-14-17-9-5-4-6-10-17)20(25-16(15)2)23-12-8-7-11-19(21)22-3/h4-6,9-10,15-16,18,20H,7-8,11-14H2,1-3H3/t15-,16?,18?,20-/m1/s1. The first-order chi connectivity index (χ1) is 12.1. The number of unbranched alkanes of at least 4 members (excludes halogenated alkanes) is 1. The van der Waals surface area contributed by atoms with Crippen molar-refractivity contribution in [3.05, 3.63) is 35.9 Å².